The summed E-state index contributed by atoms with van der Waals surface area (Å²) in [5.41, 5.74) is 2.50. The Kier molecular flexibility index (Phi) is 5.95. The Morgan fingerprint density at radius 2 is 1.94 bits per heavy atom. The Hall–Kier alpha value is -3.66. The maximum absolute atomic E-state index is 13.0. The van der Waals surface area contributed by atoms with Crippen molar-refractivity contribution >= 4 is 50.0 Å². The summed E-state index contributed by atoms with van der Waals surface area (Å²) in [5, 5.41) is 10.2. The van der Waals surface area contributed by atoms with Crippen LogP contribution in [0.5, 0.6) is 0 Å². The third-order valence-corrected chi connectivity index (χ3v) is 5.64. The lowest BCUT2D eigenvalue weighted by atomic mass is 10.1. The van der Waals surface area contributed by atoms with E-state index in [1.54, 1.807) is 30.3 Å². The van der Waals surface area contributed by atoms with Gasteiger partial charge in [-0.2, -0.15) is 0 Å². The van der Waals surface area contributed by atoms with E-state index in [2.05, 4.69) is 46.2 Å². The van der Waals surface area contributed by atoms with Gasteiger partial charge in [0.2, 0.25) is 5.91 Å². The monoisotopic (exact) mass is 497 g/mol. The molecule has 0 saturated heterocycles. The van der Waals surface area contributed by atoms with E-state index in [1.165, 1.54) is 0 Å². The van der Waals surface area contributed by atoms with Gasteiger partial charge in [-0.3, -0.25) is 19.1 Å². The quantitative estimate of drug-likeness (QED) is 0.311. The van der Waals surface area contributed by atoms with Crippen molar-refractivity contribution in [3.8, 4) is 11.4 Å². The molecule has 0 aliphatic carbocycles. The average molecular weight is 498 g/mol. The minimum absolute atomic E-state index is 0.0817. The van der Waals surface area contributed by atoms with E-state index in [0.29, 0.717) is 28.1 Å². The van der Waals surface area contributed by atoms with Crippen molar-refractivity contribution in [3.05, 3.63) is 63.2 Å². The molecule has 2 amide bonds. The Labute approximate surface area is 190 Å². The zero-order valence-corrected chi connectivity index (χ0v) is 18.9. The summed E-state index contributed by atoms with van der Waals surface area (Å²) in [6.45, 7) is 3.81. The van der Waals surface area contributed by atoms with Crippen LogP contribution >= 0.6 is 15.9 Å². The number of nitrogens with one attached hydrogen (secondary N) is 4. The molecule has 2 aromatic carbocycles. The number of carbonyl (C=O) groups excluding carboxylic acids is 2. The van der Waals surface area contributed by atoms with Gasteiger partial charge in [-0.05, 0) is 36.8 Å². The number of halogens is 1. The second-order valence-corrected chi connectivity index (χ2v) is 8.25. The lowest BCUT2D eigenvalue weighted by molar-refractivity contribution is -0.119. The predicted octanol–water partition coefficient (Wildman–Crippen LogP) is 4.51. The molecule has 9 nitrogen and oxygen atoms in total. The van der Waals surface area contributed by atoms with Crippen LogP contribution in [0.4, 0.5) is 11.4 Å². The average Bonchev–Trinajstić information content (AvgIpc) is 3.41. The van der Waals surface area contributed by atoms with Crippen LogP contribution in [0.2, 0.25) is 0 Å². The first kappa shape index (κ1) is 21.6. The van der Waals surface area contributed by atoms with Gasteiger partial charge in [-0.15, -0.1) is 0 Å². The molecule has 0 aliphatic rings. The molecule has 0 aliphatic heterocycles. The lowest BCUT2D eigenvalue weighted by Gasteiger charge is -2.11. The van der Waals surface area contributed by atoms with Gasteiger partial charge in [-0.25, -0.2) is 4.79 Å². The Balaban J connectivity index is 1.64. The lowest BCUT2D eigenvalue weighted by Crippen LogP contribution is -2.19. The van der Waals surface area contributed by atoms with Gasteiger partial charge >= 0.3 is 5.76 Å². The molecule has 4 N–H and O–H groups in total. The predicted molar refractivity (Wildman–Crippen MR) is 125 cm³/mol. The third-order valence-electron chi connectivity index (χ3n) is 5.14. The number of fused-ring (bicyclic) bond motifs is 1. The highest BCUT2D eigenvalue weighted by atomic mass is 79.9. The summed E-state index contributed by atoms with van der Waals surface area (Å²) < 4.78 is 5.32. The molecule has 2 aromatic heterocycles. The van der Waals surface area contributed by atoms with Gasteiger partial charge in [0, 0.05) is 21.3 Å². The molecule has 164 valence electrons. The van der Waals surface area contributed by atoms with E-state index >= 15 is 0 Å². The van der Waals surface area contributed by atoms with E-state index in [9.17, 15) is 14.4 Å². The number of benzene rings is 2. The number of rotatable bonds is 6. The molecule has 0 saturated carbocycles. The van der Waals surface area contributed by atoms with Gasteiger partial charge in [-0.1, -0.05) is 47.1 Å². The van der Waals surface area contributed by atoms with Crippen LogP contribution in [0.15, 0.2) is 56.3 Å². The van der Waals surface area contributed by atoms with Crippen molar-refractivity contribution < 1.29 is 14.1 Å². The van der Waals surface area contributed by atoms with Crippen molar-refractivity contribution in [1.29, 1.82) is 0 Å². The molecular formula is C22H20BrN5O4. The Morgan fingerprint density at radius 1 is 1.12 bits per heavy atom. The first-order valence-electron chi connectivity index (χ1n) is 9.95. The summed E-state index contributed by atoms with van der Waals surface area (Å²) in [5.74, 6) is -1.10. The van der Waals surface area contributed by atoms with Crippen LogP contribution in [-0.4, -0.2) is 26.9 Å². The van der Waals surface area contributed by atoms with Crippen molar-refractivity contribution in [1.82, 2.24) is 15.1 Å². The number of H-pyrrole nitrogens is 2. The minimum Gasteiger partial charge on any atom is -0.349 e. The van der Waals surface area contributed by atoms with Gasteiger partial charge in [0.1, 0.15) is 5.69 Å². The van der Waals surface area contributed by atoms with E-state index in [4.69, 9.17) is 0 Å². The fraction of sp³-hybridized carbons (Fsp3) is 0.182. The fourth-order valence-corrected chi connectivity index (χ4v) is 3.54. The molecule has 0 spiro atoms. The number of aromatic nitrogens is 3. The molecule has 1 unspecified atom stereocenters. The van der Waals surface area contributed by atoms with Crippen LogP contribution in [0.3, 0.4) is 0 Å². The van der Waals surface area contributed by atoms with Crippen LogP contribution in [0.1, 0.15) is 30.8 Å². The highest BCUT2D eigenvalue weighted by Crippen LogP contribution is 2.30. The Bertz CT molecular complexity index is 1370. The highest BCUT2D eigenvalue weighted by molar-refractivity contribution is 9.10. The molecule has 2 heterocycles. The number of hydrogen-bond donors (Lipinski definition) is 4. The van der Waals surface area contributed by atoms with Crippen molar-refractivity contribution in [3.63, 3.8) is 0 Å². The van der Waals surface area contributed by atoms with Crippen molar-refractivity contribution in [2.24, 2.45) is 5.92 Å². The SMILES string of the molecule is CCC(C)C(=O)Nc1cccc2cc(C(=O)Nc3ccc(Br)cc3-c3noc(=O)[nH]3)[nH]c12. The standard InChI is InChI=1S/C22H20BrN5O4/c1-3-11(2)20(29)26-16-6-4-5-12-9-17(24-18(12)16)21(30)25-15-8-7-13(23)10-14(15)19-27-22(31)32-28-19/h4-11,24H,3H2,1-2H3,(H,25,30)(H,26,29)(H,27,28,31). The summed E-state index contributed by atoms with van der Waals surface area (Å²) in [6.07, 6.45) is 0.729. The van der Waals surface area contributed by atoms with Gasteiger partial charge < -0.3 is 15.6 Å². The van der Waals surface area contributed by atoms with Crippen LogP contribution in [0.25, 0.3) is 22.3 Å². The number of nitrogens with zero attached hydrogens (tertiary/aromatic N) is 1. The van der Waals surface area contributed by atoms with Crippen LogP contribution < -0.4 is 16.4 Å². The van der Waals surface area contributed by atoms with Gasteiger partial charge in [0.05, 0.1) is 16.9 Å². The second-order valence-electron chi connectivity index (χ2n) is 7.34. The smallest absolute Gasteiger partial charge is 0.349 e. The second kappa shape index (κ2) is 8.83. The summed E-state index contributed by atoms with van der Waals surface area (Å²) in [4.78, 5) is 42.2. The topological polar surface area (TPSA) is 133 Å². The largest absolute Gasteiger partial charge is 0.439 e. The molecular weight excluding hydrogens is 478 g/mol. The zero-order valence-electron chi connectivity index (χ0n) is 17.3. The third kappa shape index (κ3) is 4.35. The maximum atomic E-state index is 13.0. The molecule has 4 aromatic rings. The van der Waals surface area contributed by atoms with Gasteiger partial charge in [0.15, 0.2) is 5.82 Å². The normalized spacial score (nSPS) is 12.0. The number of para-hydroxylation sites is 1. The van der Waals surface area contributed by atoms with E-state index in [-0.39, 0.29) is 17.6 Å². The minimum atomic E-state index is -0.695. The number of anilines is 2. The summed E-state index contributed by atoms with van der Waals surface area (Å²) >= 11 is 3.37. The van der Waals surface area contributed by atoms with Crippen LogP contribution in [-0.2, 0) is 4.79 Å². The number of aromatic amines is 2. The number of amides is 2. The molecule has 0 fully saturated rings. The number of hydrogen-bond acceptors (Lipinski definition) is 5. The van der Waals surface area contributed by atoms with Crippen molar-refractivity contribution in [2.75, 3.05) is 10.6 Å². The van der Waals surface area contributed by atoms with Gasteiger partial charge in [0.25, 0.3) is 5.91 Å². The fourth-order valence-electron chi connectivity index (χ4n) is 3.18. The molecule has 10 heteroatoms. The van der Waals surface area contributed by atoms with Crippen LogP contribution in [0, 0.1) is 5.92 Å². The first-order chi connectivity index (χ1) is 15.4. The summed E-state index contributed by atoms with van der Waals surface area (Å²) in [7, 11) is 0. The molecule has 1 atom stereocenters. The van der Waals surface area contributed by atoms with E-state index in [1.807, 2.05) is 26.0 Å². The number of carbonyl (C=O) groups is 2. The molecule has 32 heavy (non-hydrogen) atoms. The summed E-state index contributed by atoms with van der Waals surface area (Å²) in [6, 6.07) is 12.3. The van der Waals surface area contributed by atoms with E-state index in [0.717, 1.165) is 16.3 Å². The highest BCUT2D eigenvalue weighted by Gasteiger charge is 2.18. The maximum Gasteiger partial charge on any atom is 0.439 e. The Morgan fingerprint density at radius 3 is 2.66 bits per heavy atom. The zero-order chi connectivity index (χ0) is 22.8. The molecule has 0 bridgehead atoms. The molecule has 4 rings (SSSR count). The van der Waals surface area contributed by atoms with Crippen molar-refractivity contribution in [2.45, 2.75) is 20.3 Å². The first-order valence-corrected chi connectivity index (χ1v) is 10.7. The van der Waals surface area contributed by atoms with E-state index < -0.39 is 11.7 Å². The molecule has 0 radical (unpaired) electrons.